The van der Waals surface area contributed by atoms with Gasteiger partial charge in [-0.1, -0.05) is 0 Å². The molecule has 0 fully saturated rings. The van der Waals surface area contributed by atoms with Crippen molar-refractivity contribution in [3.8, 4) is 34.8 Å². The van der Waals surface area contributed by atoms with Gasteiger partial charge in [-0.05, 0) is 43.3 Å². The molecule has 7 heteroatoms. The van der Waals surface area contributed by atoms with E-state index in [4.69, 9.17) is 23.9 Å². The van der Waals surface area contributed by atoms with Crippen LogP contribution in [-0.2, 0) is 0 Å². The lowest BCUT2D eigenvalue weighted by molar-refractivity contribution is 0.182. The molecule has 1 heterocycles. The lowest BCUT2D eigenvalue weighted by Crippen LogP contribution is -2.04. The third-order valence-corrected chi connectivity index (χ3v) is 3.72. The van der Waals surface area contributed by atoms with Gasteiger partial charge in [-0.15, -0.1) is 10.2 Å². The number of nitriles is 1. The van der Waals surface area contributed by atoms with E-state index in [9.17, 15) is 0 Å². The molecule has 0 aliphatic heterocycles. The van der Waals surface area contributed by atoms with Gasteiger partial charge < -0.3 is 18.6 Å². The standard InChI is InChI=1S/C19H17N3O4/c1-12(25-16-9-4-13(11-20)10-17(16)24-3)18-21-22-19(26-18)14-5-7-15(23-2)8-6-14/h4-10,12H,1-3H3/t12-/m1/s1. The summed E-state index contributed by atoms with van der Waals surface area (Å²) >= 11 is 0. The Morgan fingerprint density at radius 1 is 1.00 bits per heavy atom. The van der Waals surface area contributed by atoms with E-state index in [1.165, 1.54) is 7.11 Å². The number of aromatic nitrogens is 2. The van der Waals surface area contributed by atoms with Gasteiger partial charge in [-0.2, -0.15) is 5.26 Å². The smallest absolute Gasteiger partial charge is 0.257 e. The third kappa shape index (κ3) is 3.59. The van der Waals surface area contributed by atoms with E-state index >= 15 is 0 Å². The van der Waals surface area contributed by atoms with E-state index in [-0.39, 0.29) is 0 Å². The van der Waals surface area contributed by atoms with Crippen LogP contribution in [0.1, 0.15) is 24.5 Å². The highest BCUT2D eigenvalue weighted by Gasteiger charge is 2.18. The Labute approximate surface area is 150 Å². The quantitative estimate of drug-likeness (QED) is 0.667. The van der Waals surface area contributed by atoms with E-state index in [1.54, 1.807) is 32.2 Å². The molecule has 2 aromatic carbocycles. The maximum atomic E-state index is 8.96. The highest BCUT2D eigenvalue weighted by molar-refractivity contribution is 5.54. The molecular formula is C19H17N3O4. The summed E-state index contributed by atoms with van der Waals surface area (Å²) in [5.41, 5.74) is 1.27. The minimum Gasteiger partial charge on any atom is -0.497 e. The predicted molar refractivity (Wildman–Crippen MR) is 93.0 cm³/mol. The molecule has 0 aliphatic rings. The van der Waals surface area contributed by atoms with Crippen molar-refractivity contribution < 1.29 is 18.6 Å². The first kappa shape index (κ1) is 17.3. The molecule has 0 spiro atoms. The summed E-state index contributed by atoms with van der Waals surface area (Å²) in [4.78, 5) is 0. The zero-order chi connectivity index (χ0) is 18.5. The first-order chi connectivity index (χ1) is 12.6. The summed E-state index contributed by atoms with van der Waals surface area (Å²) in [6.07, 6.45) is -0.490. The van der Waals surface area contributed by atoms with Gasteiger partial charge in [0.25, 0.3) is 5.89 Å². The van der Waals surface area contributed by atoms with Crippen LogP contribution in [-0.4, -0.2) is 24.4 Å². The Hall–Kier alpha value is -3.53. The fourth-order valence-corrected chi connectivity index (χ4v) is 2.32. The van der Waals surface area contributed by atoms with Crippen molar-refractivity contribution in [2.75, 3.05) is 14.2 Å². The maximum absolute atomic E-state index is 8.96. The second kappa shape index (κ2) is 7.57. The Morgan fingerprint density at radius 3 is 2.42 bits per heavy atom. The number of rotatable bonds is 6. The van der Waals surface area contributed by atoms with Crippen molar-refractivity contribution in [1.82, 2.24) is 10.2 Å². The van der Waals surface area contributed by atoms with Gasteiger partial charge in [0.05, 0.1) is 25.9 Å². The summed E-state index contributed by atoms with van der Waals surface area (Å²) in [6.45, 7) is 1.79. The average molecular weight is 351 g/mol. The molecule has 1 atom stereocenters. The van der Waals surface area contributed by atoms with Crippen molar-refractivity contribution in [3.63, 3.8) is 0 Å². The van der Waals surface area contributed by atoms with Crippen LogP contribution in [0.15, 0.2) is 46.9 Å². The van der Waals surface area contributed by atoms with Crippen molar-refractivity contribution in [2.24, 2.45) is 0 Å². The van der Waals surface area contributed by atoms with Gasteiger partial charge in [0, 0.05) is 11.6 Å². The molecule has 0 saturated heterocycles. The number of hydrogen-bond acceptors (Lipinski definition) is 7. The highest BCUT2D eigenvalue weighted by Crippen LogP contribution is 2.32. The van der Waals surface area contributed by atoms with E-state index in [0.29, 0.717) is 28.8 Å². The molecule has 0 bridgehead atoms. The Morgan fingerprint density at radius 2 is 1.77 bits per heavy atom. The molecule has 7 nitrogen and oxygen atoms in total. The molecule has 3 rings (SSSR count). The minimum atomic E-state index is -0.490. The predicted octanol–water partition coefficient (Wildman–Crippen LogP) is 3.77. The van der Waals surface area contributed by atoms with Crippen LogP contribution in [0.4, 0.5) is 0 Å². The van der Waals surface area contributed by atoms with Gasteiger partial charge in [0.1, 0.15) is 5.75 Å². The van der Waals surface area contributed by atoms with E-state index in [2.05, 4.69) is 16.3 Å². The fourth-order valence-electron chi connectivity index (χ4n) is 2.32. The SMILES string of the molecule is COc1ccc(-c2nnc([C@@H](C)Oc3ccc(C#N)cc3OC)o2)cc1. The van der Waals surface area contributed by atoms with Crippen LogP contribution in [0.25, 0.3) is 11.5 Å². The molecule has 0 unspecified atom stereocenters. The van der Waals surface area contributed by atoms with Crippen LogP contribution in [0.5, 0.6) is 17.2 Å². The first-order valence-electron chi connectivity index (χ1n) is 7.87. The van der Waals surface area contributed by atoms with Crippen LogP contribution in [0, 0.1) is 11.3 Å². The largest absolute Gasteiger partial charge is 0.497 e. The van der Waals surface area contributed by atoms with E-state index < -0.39 is 6.10 Å². The number of benzene rings is 2. The van der Waals surface area contributed by atoms with Gasteiger partial charge in [-0.3, -0.25) is 0 Å². The normalized spacial score (nSPS) is 11.5. The van der Waals surface area contributed by atoms with Gasteiger partial charge >= 0.3 is 0 Å². The summed E-state index contributed by atoms with van der Waals surface area (Å²) in [6, 6.07) is 14.3. The second-order valence-electron chi connectivity index (χ2n) is 5.41. The number of ether oxygens (including phenoxy) is 3. The zero-order valence-electron chi connectivity index (χ0n) is 14.6. The van der Waals surface area contributed by atoms with E-state index in [0.717, 1.165) is 11.3 Å². The molecule has 0 saturated carbocycles. The van der Waals surface area contributed by atoms with Crippen molar-refractivity contribution in [2.45, 2.75) is 13.0 Å². The second-order valence-corrected chi connectivity index (χ2v) is 5.41. The van der Waals surface area contributed by atoms with Crippen molar-refractivity contribution in [1.29, 1.82) is 5.26 Å². The minimum absolute atomic E-state index is 0.335. The Balaban J connectivity index is 1.78. The number of methoxy groups -OCH3 is 2. The van der Waals surface area contributed by atoms with Gasteiger partial charge in [-0.25, -0.2) is 0 Å². The molecule has 0 radical (unpaired) electrons. The number of hydrogen-bond donors (Lipinski definition) is 0. The van der Waals surface area contributed by atoms with E-state index in [1.807, 2.05) is 24.3 Å². The van der Waals surface area contributed by atoms with Crippen LogP contribution in [0.2, 0.25) is 0 Å². The van der Waals surface area contributed by atoms with Crippen LogP contribution in [0.3, 0.4) is 0 Å². The first-order valence-corrected chi connectivity index (χ1v) is 7.87. The summed E-state index contributed by atoms with van der Waals surface area (Å²) < 4.78 is 22.0. The van der Waals surface area contributed by atoms with Gasteiger partial charge in [0.15, 0.2) is 17.6 Å². The van der Waals surface area contributed by atoms with Crippen molar-refractivity contribution in [3.05, 3.63) is 53.9 Å². The van der Waals surface area contributed by atoms with Crippen LogP contribution < -0.4 is 14.2 Å². The average Bonchev–Trinajstić information content (AvgIpc) is 3.18. The molecule has 132 valence electrons. The summed E-state index contributed by atoms with van der Waals surface area (Å²) in [5, 5.41) is 17.1. The topological polar surface area (TPSA) is 90.4 Å². The summed E-state index contributed by atoms with van der Waals surface area (Å²) in [5.74, 6) is 2.43. The Kier molecular flexibility index (Phi) is 5.04. The molecule has 3 aromatic rings. The molecule has 0 N–H and O–H groups in total. The zero-order valence-corrected chi connectivity index (χ0v) is 14.6. The maximum Gasteiger partial charge on any atom is 0.257 e. The highest BCUT2D eigenvalue weighted by atomic mass is 16.5. The summed E-state index contributed by atoms with van der Waals surface area (Å²) in [7, 11) is 3.12. The van der Waals surface area contributed by atoms with Gasteiger partial charge in [0.2, 0.25) is 5.89 Å². The van der Waals surface area contributed by atoms with Crippen molar-refractivity contribution >= 4 is 0 Å². The molecule has 1 aromatic heterocycles. The lowest BCUT2D eigenvalue weighted by atomic mass is 10.2. The lowest BCUT2D eigenvalue weighted by Gasteiger charge is -2.14. The third-order valence-electron chi connectivity index (χ3n) is 3.72. The van der Waals surface area contributed by atoms with Crippen LogP contribution >= 0.6 is 0 Å². The molecular weight excluding hydrogens is 334 g/mol. The molecule has 0 aliphatic carbocycles. The monoisotopic (exact) mass is 351 g/mol. The molecule has 26 heavy (non-hydrogen) atoms. The fraction of sp³-hybridized carbons (Fsp3) is 0.211. The molecule has 0 amide bonds. The number of nitrogens with zero attached hydrogens (tertiary/aromatic N) is 3. The Bertz CT molecular complexity index is 929.